The number of amides is 1. The molecule has 2 atom stereocenters. The van der Waals surface area contributed by atoms with E-state index in [9.17, 15) is 9.59 Å². The van der Waals surface area contributed by atoms with Gasteiger partial charge < -0.3 is 14.8 Å². The van der Waals surface area contributed by atoms with Crippen LogP contribution in [0.4, 0.5) is 5.00 Å². The molecule has 6 nitrogen and oxygen atoms in total. The third-order valence-corrected chi connectivity index (χ3v) is 7.74. The number of carbonyl (C=O) groups excluding carboxylic acids is 2. The highest BCUT2D eigenvalue weighted by atomic mass is 32.1. The molecule has 0 spiro atoms. The number of carbonyl (C=O) groups is 2. The standard InChI is InChI=1S/C26H34N2O4S2/c1-7-15(2)32-18-11-8-16(9-12-18)22(29)27-25(33)28-23-21(24(30)31-6)19-13-10-17(26(3,4)5)14-20(19)34-23/h8-9,11-12,15,17H,7,10,13-14H2,1-6H3,(H2,27,28,29,33). The molecule has 2 aromatic rings. The third kappa shape index (κ3) is 6.16. The highest BCUT2D eigenvalue weighted by molar-refractivity contribution is 7.80. The smallest absolute Gasteiger partial charge is 0.341 e. The summed E-state index contributed by atoms with van der Waals surface area (Å²) in [6.45, 7) is 10.8. The molecule has 1 aromatic carbocycles. The Kier molecular flexibility index (Phi) is 8.36. The second kappa shape index (κ2) is 10.9. The van der Waals surface area contributed by atoms with Crippen LogP contribution in [0.3, 0.4) is 0 Å². The normalized spacial score (nSPS) is 16.2. The number of esters is 1. The van der Waals surface area contributed by atoms with Crippen molar-refractivity contribution in [2.45, 2.75) is 66.4 Å². The maximum Gasteiger partial charge on any atom is 0.341 e. The minimum atomic E-state index is -0.389. The van der Waals surface area contributed by atoms with Crippen LogP contribution in [0.25, 0.3) is 0 Å². The first-order valence-corrected chi connectivity index (χ1v) is 12.9. The van der Waals surface area contributed by atoms with Gasteiger partial charge in [0.2, 0.25) is 0 Å². The van der Waals surface area contributed by atoms with Crippen LogP contribution in [0.5, 0.6) is 5.75 Å². The van der Waals surface area contributed by atoms with Crippen molar-refractivity contribution < 1.29 is 19.1 Å². The lowest BCUT2D eigenvalue weighted by molar-refractivity contribution is 0.0600. The SMILES string of the molecule is CCC(C)Oc1ccc(C(=O)NC(=S)Nc2sc3c(c2C(=O)OC)CCC(C(C)(C)C)C3)cc1. The van der Waals surface area contributed by atoms with Crippen LogP contribution in [0.1, 0.15) is 78.6 Å². The van der Waals surface area contributed by atoms with E-state index in [-0.39, 0.29) is 28.5 Å². The lowest BCUT2D eigenvalue weighted by atomic mass is 9.72. The monoisotopic (exact) mass is 502 g/mol. The molecule has 1 heterocycles. The first-order valence-electron chi connectivity index (χ1n) is 11.6. The first kappa shape index (κ1) is 26.2. The van der Waals surface area contributed by atoms with Crippen LogP contribution in [-0.2, 0) is 17.6 Å². The molecule has 0 saturated carbocycles. The van der Waals surface area contributed by atoms with Gasteiger partial charge in [0.05, 0.1) is 18.8 Å². The Hall–Kier alpha value is -2.45. The number of nitrogens with one attached hydrogen (secondary N) is 2. The van der Waals surface area contributed by atoms with Gasteiger partial charge in [-0.25, -0.2) is 4.79 Å². The number of methoxy groups -OCH3 is 1. The van der Waals surface area contributed by atoms with Gasteiger partial charge in [-0.3, -0.25) is 10.1 Å². The van der Waals surface area contributed by atoms with Crippen molar-refractivity contribution in [2.24, 2.45) is 11.3 Å². The Morgan fingerprint density at radius 3 is 2.50 bits per heavy atom. The molecule has 0 fully saturated rings. The van der Waals surface area contributed by atoms with E-state index in [0.29, 0.717) is 27.8 Å². The maximum atomic E-state index is 12.7. The molecule has 2 unspecified atom stereocenters. The van der Waals surface area contributed by atoms with Gasteiger partial charge in [0.15, 0.2) is 5.11 Å². The number of thiocarbonyl (C=S) groups is 1. The van der Waals surface area contributed by atoms with Gasteiger partial charge >= 0.3 is 5.97 Å². The molecule has 3 rings (SSSR count). The Bertz CT molecular complexity index is 1050. The topological polar surface area (TPSA) is 76.7 Å². The summed E-state index contributed by atoms with van der Waals surface area (Å²) in [7, 11) is 1.38. The van der Waals surface area contributed by atoms with E-state index in [1.807, 2.05) is 6.92 Å². The average Bonchev–Trinajstić information content (AvgIpc) is 3.15. The van der Waals surface area contributed by atoms with Crippen molar-refractivity contribution in [3.05, 3.63) is 45.8 Å². The number of benzene rings is 1. The van der Waals surface area contributed by atoms with E-state index in [4.69, 9.17) is 21.7 Å². The fourth-order valence-corrected chi connectivity index (χ4v) is 5.62. The molecule has 0 aliphatic heterocycles. The van der Waals surface area contributed by atoms with E-state index in [2.05, 4.69) is 38.3 Å². The van der Waals surface area contributed by atoms with Crippen molar-refractivity contribution in [2.75, 3.05) is 12.4 Å². The van der Waals surface area contributed by atoms with Crippen molar-refractivity contribution in [1.29, 1.82) is 0 Å². The lowest BCUT2D eigenvalue weighted by Crippen LogP contribution is -2.34. The zero-order chi connectivity index (χ0) is 25.0. The zero-order valence-corrected chi connectivity index (χ0v) is 22.4. The Morgan fingerprint density at radius 2 is 1.91 bits per heavy atom. The molecular weight excluding hydrogens is 468 g/mol. The van der Waals surface area contributed by atoms with Crippen LogP contribution < -0.4 is 15.4 Å². The van der Waals surface area contributed by atoms with E-state index in [0.717, 1.165) is 31.2 Å². The van der Waals surface area contributed by atoms with Gasteiger partial charge in [-0.15, -0.1) is 11.3 Å². The first-order chi connectivity index (χ1) is 16.0. The third-order valence-electron chi connectivity index (χ3n) is 6.36. The van der Waals surface area contributed by atoms with Crippen molar-refractivity contribution >= 4 is 45.5 Å². The van der Waals surface area contributed by atoms with Gasteiger partial charge in [-0.05, 0) is 86.0 Å². The molecule has 1 aliphatic carbocycles. The number of thiophene rings is 1. The zero-order valence-electron chi connectivity index (χ0n) is 20.7. The van der Waals surface area contributed by atoms with E-state index in [1.165, 1.54) is 23.3 Å². The minimum Gasteiger partial charge on any atom is -0.491 e. The van der Waals surface area contributed by atoms with Gasteiger partial charge in [0, 0.05) is 10.4 Å². The van der Waals surface area contributed by atoms with Crippen LogP contribution in [0, 0.1) is 11.3 Å². The second-order valence-electron chi connectivity index (χ2n) is 9.77. The second-order valence-corrected chi connectivity index (χ2v) is 11.3. The number of rotatable bonds is 6. The molecule has 2 N–H and O–H groups in total. The van der Waals surface area contributed by atoms with Crippen LogP contribution in [0.2, 0.25) is 0 Å². The van der Waals surface area contributed by atoms with E-state index in [1.54, 1.807) is 24.3 Å². The average molecular weight is 503 g/mol. The van der Waals surface area contributed by atoms with E-state index >= 15 is 0 Å². The van der Waals surface area contributed by atoms with Crippen LogP contribution >= 0.6 is 23.6 Å². The fourth-order valence-electron chi connectivity index (χ4n) is 4.04. The molecule has 184 valence electrons. The fraction of sp³-hybridized carbons (Fsp3) is 0.500. The van der Waals surface area contributed by atoms with E-state index < -0.39 is 0 Å². The number of hydrogen-bond donors (Lipinski definition) is 2. The maximum absolute atomic E-state index is 12.7. The minimum absolute atomic E-state index is 0.107. The summed E-state index contributed by atoms with van der Waals surface area (Å²) in [6, 6.07) is 6.94. The predicted molar refractivity (Wildman–Crippen MR) is 141 cm³/mol. The number of ether oxygens (including phenoxy) is 2. The summed E-state index contributed by atoms with van der Waals surface area (Å²) in [5.41, 5.74) is 2.22. The molecule has 34 heavy (non-hydrogen) atoms. The van der Waals surface area contributed by atoms with Crippen molar-refractivity contribution in [1.82, 2.24) is 5.32 Å². The quantitative estimate of drug-likeness (QED) is 0.373. The molecule has 0 radical (unpaired) electrons. The van der Waals surface area contributed by atoms with Gasteiger partial charge in [0.1, 0.15) is 10.8 Å². The highest BCUT2D eigenvalue weighted by Crippen LogP contribution is 2.44. The van der Waals surface area contributed by atoms with Gasteiger partial charge in [0.25, 0.3) is 5.91 Å². The predicted octanol–water partition coefficient (Wildman–Crippen LogP) is 5.99. The molecule has 0 saturated heterocycles. The van der Waals surface area contributed by atoms with Crippen molar-refractivity contribution in [3.63, 3.8) is 0 Å². The summed E-state index contributed by atoms with van der Waals surface area (Å²) in [5.74, 6) is 0.532. The molecular formula is C26H34N2O4S2. The number of fused-ring (bicyclic) bond motifs is 1. The molecule has 0 bridgehead atoms. The molecule has 1 amide bonds. The Labute approximate surface area is 211 Å². The Morgan fingerprint density at radius 1 is 1.24 bits per heavy atom. The van der Waals surface area contributed by atoms with Gasteiger partial charge in [-0.2, -0.15) is 0 Å². The molecule has 8 heteroatoms. The summed E-state index contributed by atoms with van der Waals surface area (Å²) >= 11 is 6.92. The van der Waals surface area contributed by atoms with Crippen LogP contribution in [-0.4, -0.2) is 30.2 Å². The highest BCUT2D eigenvalue weighted by Gasteiger charge is 2.34. The summed E-state index contributed by atoms with van der Waals surface area (Å²) in [5, 5.41) is 6.54. The number of anilines is 1. The summed E-state index contributed by atoms with van der Waals surface area (Å²) in [4.78, 5) is 26.5. The Balaban J connectivity index is 1.72. The lowest BCUT2D eigenvalue weighted by Gasteiger charge is -2.33. The van der Waals surface area contributed by atoms with Crippen LogP contribution in [0.15, 0.2) is 24.3 Å². The summed E-state index contributed by atoms with van der Waals surface area (Å²) < 4.78 is 10.8. The van der Waals surface area contributed by atoms with Crippen molar-refractivity contribution in [3.8, 4) is 5.75 Å². The number of hydrogen-bond acceptors (Lipinski definition) is 6. The molecule has 1 aromatic heterocycles. The molecule has 1 aliphatic rings. The van der Waals surface area contributed by atoms with Gasteiger partial charge in [-0.1, -0.05) is 27.7 Å². The largest absolute Gasteiger partial charge is 0.491 e. The summed E-state index contributed by atoms with van der Waals surface area (Å²) in [6.07, 6.45) is 3.77.